The number of methoxy groups -OCH3 is 1. The van der Waals surface area contributed by atoms with E-state index in [1.54, 1.807) is 23.5 Å². The third-order valence-electron chi connectivity index (χ3n) is 3.46. The molecular formula is C17H21NO2S. The number of benzene rings is 1. The zero-order valence-electron chi connectivity index (χ0n) is 12.7. The van der Waals surface area contributed by atoms with Crippen LogP contribution in [0.25, 0.3) is 0 Å². The zero-order valence-corrected chi connectivity index (χ0v) is 13.5. The largest absolute Gasteiger partial charge is 0.465 e. The fourth-order valence-electron chi connectivity index (χ4n) is 2.15. The highest BCUT2D eigenvalue weighted by molar-refractivity contribution is 7.10. The Labute approximate surface area is 130 Å². The van der Waals surface area contributed by atoms with Gasteiger partial charge in [-0.1, -0.05) is 32.0 Å². The van der Waals surface area contributed by atoms with E-state index in [4.69, 9.17) is 0 Å². The van der Waals surface area contributed by atoms with Crippen LogP contribution in [0, 0.1) is 0 Å². The van der Waals surface area contributed by atoms with Crippen LogP contribution in [-0.4, -0.2) is 19.6 Å². The third kappa shape index (κ3) is 4.16. The molecular weight excluding hydrogens is 282 g/mol. The molecule has 0 saturated heterocycles. The molecule has 3 nitrogen and oxygen atoms in total. The maximum absolute atomic E-state index is 11.4. The van der Waals surface area contributed by atoms with Gasteiger partial charge < -0.3 is 10.1 Å². The lowest BCUT2D eigenvalue weighted by molar-refractivity contribution is 0.0600. The number of hydrogen-bond acceptors (Lipinski definition) is 4. The van der Waals surface area contributed by atoms with E-state index < -0.39 is 0 Å². The van der Waals surface area contributed by atoms with Crippen LogP contribution in [0.15, 0.2) is 41.8 Å². The van der Waals surface area contributed by atoms with Gasteiger partial charge in [-0.2, -0.15) is 0 Å². The van der Waals surface area contributed by atoms with Crippen LogP contribution < -0.4 is 5.32 Å². The zero-order chi connectivity index (χ0) is 15.3. The molecule has 0 atom stereocenters. The van der Waals surface area contributed by atoms with Crippen LogP contribution in [0.4, 0.5) is 0 Å². The van der Waals surface area contributed by atoms with Gasteiger partial charge in [0.25, 0.3) is 0 Å². The van der Waals surface area contributed by atoms with Crippen molar-refractivity contribution in [3.05, 3.63) is 57.8 Å². The van der Waals surface area contributed by atoms with Gasteiger partial charge >= 0.3 is 5.97 Å². The van der Waals surface area contributed by atoms with E-state index in [1.807, 2.05) is 12.1 Å². The summed E-state index contributed by atoms with van der Waals surface area (Å²) in [6.45, 7) is 6.18. The molecule has 0 aliphatic carbocycles. The molecule has 21 heavy (non-hydrogen) atoms. The predicted octanol–water partition coefficient (Wildman–Crippen LogP) is 3.60. The number of hydrogen-bond donors (Lipinski definition) is 1. The topological polar surface area (TPSA) is 38.3 Å². The molecule has 2 rings (SSSR count). The Balaban J connectivity index is 1.87. The van der Waals surface area contributed by atoms with E-state index in [-0.39, 0.29) is 11.4 Å². The minimum atomic E-state index is -0.298. The summed E-state index contributed by atoms with van der Waals surface area (Å²) in [4.78, 5) is 12.8. The van der Waals surface area contributed by atoms with Gasteiger partial charge in [0, 0.05) is 23.4 Å². The molecule has 0 amide bonds. The molecule has 1 aromatic carbocycles. The van der Waals surface area contributed by atoms with E-state index in [0.29, 0.717) is 5.56 Å². The van der Waals surface area contributed by atoms with Crippen molar-refractivity contribution in [1.29, 1.82) is 0 Å². The van der Waals surface area contributed by atoms with Gasteiger partial charge in [-0.25, -0.2) is 4.79 Å². The van der Waals surface area contributed by atoms with Crippen LogP contribution >= 0.6 is 11.3 Å². The molecule has 0 spiro atoms. The number of ether oxygens (including phenoxy) is 1. The molecule has 1 aromatic heterocycles. The lowest BCUT2D eigenvalue weighted by Gasteiger charge is -2.23. The van der Waals surface area contributed by atoms with Crippen molar-refractivity contribution in [3.63, 3.8) is 0 Å². The second-order valence-corrected chi connectivity index (χ2v) is 6.60. The Morgan fingerprint density at radius 3 is 2.52 bits per heavy atom. The molecule has 0 bridgehead atoms. The van der Waals surface area contributed by atoms with Crippen LogP contribution in [-0.2, 0) is 16.7 Å². The Morgan fingerprint density at radius 1 is 1.24 bits per heavy atom. The maximum atomic E-state index is 11.4. The Bertz CT molecular complexity index is 573. The molecule has 1 N–H and O–H groups in total. The molecule has 0 radical (unpaired) electrons. The minimum Gasteiger partial charge on any atom is -0.465 e. The highest BCUT2D eigenvalue weighted by atomic mass is 32.1. The van der Waals surface area contributed by atoms with E-state index in [1.165, 1.54) is 12.0 Å². The summed E-state index contributed by atoms with van der Waals surface area (Å²) >= 11 is 1.79. The molecule has 2 aromatic rings. The average Bonchev–Trinajstić information content (AvgIpc) is 3.02. The average molecular weight is 303 g/mol. The van der Waals surface area contributed by atoms with Gasteiger partial charge in [-0.05, 0) is 29.1 Å². The second kappa shape index (κ2) is 6.87. The van der Waals surface area contributed by atoms with Crippen molar-refractivity contribution >= 4 is 17.3 Å². The maximum Gasteiger partial charge on any atom is 0.337 e. The summed E-state index contributed by atoms with van der Waals surface area (Å²) in [6.07, 6.45) is 0. The predicted molar refractivity (Wildman–Crippen MR) is 86.8 cm³/mol. The molecule has 0 aliphatic heterocycles. The van der Waals surface area contributed by atoms with Crippen LogP contribution in [0.1, 0.15) is 34.6 Å². The normalized spacial score (nSPS) is 11.4. The van der Waals surface area contributed by atoms with Gasteiger partial charge in [0.05, 0.1) is 12.7 Å². The van der Waals surface area contributed by atoms with Gasteiger partial charge in [0.2, 0.25) is 0 Å². The number of rotatable bonds is 6. The molecule has 0 aliphatic rings. The fraction of sp³-hybridized carbons (Fsp3) is 0.353. The summed E-state index contributed by atoms with van der Waals surface area (Å²) in [5.41, 5.74) is 1.87. The van der Waals surface area contributed by atoms with Crippen molar-refractivity contribution < 1.29 is 9.53 Å². The van der Waals surface area contributed by atoms with Crippen LogP contribution in [0.2, 0.25) is 0 Å². The summed E-state index contributed by atoms with van der Waals surface area (Å²) < 4.78 is 4.69. The van der Waals surface area contributed by atoms with Crippen molar-refractivity contribution in [2.24, 2.45) is 0 Å². The monoisotopic (exact) mass is 303 g/mol. The number of nitrogens with one attached hydrogen (secondary N) is 1. The number of esters is 1. The first-order valence-corrected chi connectivity index (χ1v) is 7.83. The molecule has 0 unspecified atom stereocenters. The van der Waals surface area contributed by atoms with Gasteiger partial charge in [-0.3, -0.25) is 0 Å². The highest BCUT2D eigenvalue weighted by Crippen LogP contribution is 2.26. The standard InChI is InChI=1S/C17H21NO2S/c1-17(2,15-5-4-10-21-15)12-18-11-13-6-8-14(9-7-13)16(19)20-3/h4-10,18H,11-12H2,1-3H3. The van der Waals surface area contributed by atoms with Gasteiger partial charge in [0.15, 0.2) is 0 Å². The van der Waals surface area contributed by atoms with E-state index in [0.717, 1.165) is 18.7 Å². The smallest absolute Gasteiger partial charge is 0.337 e. The molecule has 0 saturated carbocycles. The summed E-state index contributed by atoms with van der Waals surface area (Å²) in [5.74, 6) is -0.298. The van der Waals surface area contributed by atoms with Gasteiger partial charge in [0.1, 0.15) is 0 Å². The van der Waals surface area contributed by atoms with Crippen LogP contribution in [0.5, 0.6) is 0 Å². The third-order valence-corrected chi connectivity index (χ3v) is 4.70. The molecule has 4 heteroatoms. The lowest BCUT2D eigenvalue weighted by Crippen LogP contribution is -2.31. The number of carbonyl (C=O) groups excluding carboxylic acids is 1. The van der Waals surface area contributed by atoms with Gasteiger partial charge in [-0.15, -0.1) is 11.3 Å². The second-order valence-electron chi connectivity index (χ2n) is 5.65. The quantitative estimate of drug-likeness (QED) is 0.829. The van der Waals surface area contributed by atoms with E-state index >= 15 is 0 Å². The summed E-state index contributed by atoms with van der Waals surface area (Å²) in [6, 6.07) is 11.8. The summed E-state index contributed by atoms with van der Waals surface area (Å²) in [7, 11) is 1.39. The molecule has 1 heterocycles. The van der Waals surface area contributed by atoms with Crippen molar-refractivity contribution in [2.75, 3.05) is 13.7 Å². The van der Waals surface area contributed by atoms with Crippen molar-refractivity contribution in [3.8, 4) is 0 Å². The van der Waals surface area contributed by atoms with Crippen LogP contribution in [0.3, 0.4) is 0 Å². The van der Waals surface area contributed by atoms with Crippen molar-refractivity contribution in [1.82, 2.24) is 5.32 Å². The Kier molecular flexibility index (Phi) is 5.15. The first-order valence-electron chi connectivity index (χ1n) is 6.95. The number of thiophene rings is 1. The fourth-order valence-corrected chi connectivity index (χ4v) is 3.00. The molecule has 0 fully saturated rings. The first-order chi connectivity index (χ1) is 10.0. The van der Waals surface area contributed by atoms with Crippen molar-refractivity contribution in [2.45, 2.75) is 25.8 Å². The minimum absolute atomic E-state index is 0.125. The lowest BCUT2D eigenvalue weighted by atomic mass is 9.91. The highest BCUT2D eigenvalue weighted by Gasteiger charge is 2.20. The number of carbonyl (C=O) groups is 1. The summed E-state index contributed by atoms with van der Waals surface area (Å²) in [5, 5.41) is 5.60. The SMILES string of the molecule is COC(=O)c1ccc(CNCC(C)(C)c2cccs2)cc1. The Morgan fingerprint density at radius 2 is 1.95 bits per heavy atom. The van der Waals surface area contributed by atoms with E-state index in [9.17, 15) is 4.79 Å². The van der Waals surface area contributed by atoms with E-state index in [2.05, 4.69) is 41.4 Å². The first kappa shape index (κ1) is 15.7. The molecule has 112 valence electrons. The Hall–Kier alpha value is -1.65.